The van der Waals surface area contributed by atoms with E-state index >= 15 is 0 Å². The quantitative estimate of drug-likeness (QED) is 0.890. The highest BCUT2D eigenvalue weighted by molar-refractivity contribution is 5.69. The number of amides is 1. The van der Waals surface area contributed by atoms with Crippen LogP contribution in [-0.2, 0) is 4.74 Å². The number of pyridine rings is 1. The molecule has 0 unspecified atom stereocenters. The standard InChI is InChI=1S/C14H21N3O2/c1-10-5-6-15-7-12(10)16-11-8-17(9-11)13(18)19-14(2,3)4/h5-7,11,16H,8-9H2,1-4H3. The number of anilines is 1. The summed E-state index contributed by atoms with van der Waals surface area (Å²) in [5.74, 6) is 0. The van der Waals surface area contributed by atoms with E-state index in [9.17, 15) is 4.79 Å². The predicted octanol–water partition coefficient (Wildman–Crippen LogP) is 2.42. The van der Waals surface area contributed by atoms with E-state index in [0.29, 0.717) is 13.1 Å². The van der Waals surface area contributed by atoms with Crippen LogP contribution in [0, 0.1) is 6.92 Å². The number of rotatable bonds is 2. The second kappa shape index (κ2) is 5.07. The molecule has 0 bridgehead atoms. The van der Waals surface area contributed by atoms with Crippen molar-refractivity contribution in [1.82, 2.24) is 9.88 Å². The molecule has 1 aliphatic rings. The highest BCUT2D eigenvalue weighted by atomic mass is 16.6. The van der Waals surface area contributed by atoms with Gasteiger partial charge in [-0.25, -0.2) is 4.79 Å². The van der Waals surface area contributed by atoms with Gasteiger partial charge in [0.05, 0.1) is 17.9 Å². The number of aryl methyl sites for hydroxylation is 1. The molecule has 2 heterocycles. The SMILES string of the molecule is Cc1ccncc1NC1CN(C(=O)OC(C)(C)C)C1. The van der Waals surface area contributed by atoms with Crippen molar-refractivity contribution < 1.29 is 9.53 Å². The molecule has 0 atom stereocenters. The fourth-order valence-corrected chi connectivity index (χ4v) is 1.88. The average Bonchev–Trinajstić information content (AvgIpc) is 2.22. The zero-order valence-corrected chi connectivity index (χ0v) is 11.9. The van der Waals surface area contributed by atoms with Gasteiger partial charge >= 0.3 is 6.09 Å². The molecule has 0 aliphatic carbocycles. The van der Waals surface area contributed by atoms with Gasteiger partial charge in [0.1, 0.15) is 5.60 Å². The molecule has 0 saturated carbocycles. The average molecular weight is 263 g/mol. The maximum atomic E-state index is 11.8. The van der Waals surface area contributed by atoms with Gasteiger partial charge in [0.25, 0.3) is 0 Å². The first-order valence-corrected chi connectivity index (χ1v) is 6.50. The van der Waals surface area contributed by atoms with Crippen LogP contribution in [0.5, 0.6) is 0 Å². The summed E-state index contributed by atoms with van der Waals surface area (Å²) in [7, 11) is 0. The first-order chi connectivity index (χ1) is 8.85. The van der Waals surface area contributed by atoms with Crippen LogP contribution in [0.2, 0.25) is 0 Å². The molecule has 1 aliphatic heterocycles. The lowest BCUT2D eigenvalue weighted by Crippen LogP contribution is -2.58. The number of likely N-dealkylation sites (tertiary alicyclic amines) is 1. The Bertz CT molecular complexity index is 462. The molecule has 1 aromatic rings. The number of ether oxygens (including phenoxy) is 1. The van der Waals surface area contributed by atoms with Crippen molar-refractivity contribution in [2.24, 2.45) is 0 Å². The van der Waals surface area contributed by atoms with Crippen molar-refractivity contribution in [1.29, 1.82) is 0 Å². The third-order valence-electron chi connectivity index (χ3n) is 2.93. The first-order valence-electron chi connectivity index (χ1n) is 6.50. The van der Waals surface area contributed by atoms with Gasteiger partial charge in [-0.3, -0.25) is 4.98 Å². The highest BCUT2D eigenvalue weighted by Gasteiger charge is 2.33. The van der Waals surface area contributed by atoms with Crippen LogP contribution in [0.3, 0.4) is 0 Å². The van der Waals surface area contributed by atoms with E-state index in [4.69, 9.17) is 4.74 Å². The van der Waals surface area contributed by atoms with Crippen molar-refractivity contribution in [3.8, 4) is 0 Å². The Labute approximate surface area is 114 Å². The first kappa shape index (κ1) is 13.6. The van der Waals surface area contributed by atoms with E-state index in [1.807, 2.05) is 40.0 Å². The summed E-state index contributed by atoms with van der Waals surface area (Å²) in [6.45, 7) is 9.00. The third-order valence-corrected chi connectivity index (χ3v) is 2.93. The maximum Gasteiger partial charge on any atom is 0.410 e. The molecule has 1 aromatic heterocycles. The van der Waals surface area contributed by atoms with E-state index in [-0.39, 0.29) is 12.1 Å². The van der Waals surface area contributed by atoms with Crippen LogP contribution in [0.4, 0.5) is 10.5 Å². The summed E-state index contributed by atoms with van der Waals surface area (Å²) in [5.41, 5.74) is 1.75. The molecule has 2 rings (SSSR count). The van der Waals surface area contributed by atoms with Crippen LogP contribution >= 0.6 is 0 Å². The maximum absolute atomic E-state index is 11.8. The van der Waals surface area contributed by atoms with Gasteiger partial charge in [-0.2, -0.15) is 0 Å². The van der Waals surface area contributed by atoms with Crippen LogP contribution in [-0.4, -0.2) is 40.7 Å². The van der Waals surface area contributed by atoms with E-state index in [2.05, 4.69) is 10.3 Å². The summed E-state index contributed by atoms with van der Waals surface area (Å²) in [6.07, 6.45) is 3.34. The lowest BCUT2D eigenvalue weighted by molar-refractivity contribution is 0.0105. The van der Waals surface area contributed by atoms with Gasteiger partial charge in [-0.15, -0.1) is 0 Å². The molecule has 5 nitrogen and oxygen atoms in total. The van der Waals surface area contributed by atoms with E-state index in [0.717, 1.165) is 11.3 Å². The molecule has 0 aromatic carbocycles. The molecule has 1 amide bonds. The highest BCUT2D eigenvalue weighted by Crippen LogP contribution is 2.20. The molecule has 1 N–H and O–H groups in total. The number of nitrogens with zero attached hydrogens (tertiary/aromatic N) is 2. The summed E-state index contributed by atoms with van der Waals surface area (Å²) in [4.78, 5) is 17.6. The smallest absolute Gasteiger partial charge is 0.410 e. The molecular formula is C14H21N3O2. The monoisotopic (exact) mass is 263 g/mol. The van der Waals surface area contributed by atoms with Crippen LogP contribution in [0.15, 0.2) is 18.5 Å². The summed E-state index contributed by atoms with van der Waals surface area (Å²) >= 11 is 0. The van der Waals surface area contributed by atoms with Crippen molar-refractivity contribution in [2.45, 2.75) is 39.3 Å². The molecule has 0 spiro atoms. The Morgan fingerprint density at radius 1 is 1.47 bits per heavy atom. The number of carbonyl (C=O) groups excluding carboxylic acids is 1. The molecule has 19 heavy (non-hydrogen) atoms. The van der Waals surface area contributed by atoms with Crippen LogP contribution < -0.4 is 5.32 Å². The van der Waals surface area contributed by atoms with Gasteiger partial charge in [0.2, 0.25) is 0 Å². The Hall–Kier alpha value is -1.78. The van der Waals surface area contributed by atoms with Crippen molar-refractivity contribution in [3.05, 3.63) is 24.0 Å². The van der Waals surface area contributed by atoms with Gasteiger partial charge in [-0.05, 0) is 39.3 Å². The summed E-state index contributed by atoms with van der Waals surface area (Å²) < 4.78 is 5.31. The zero-order chi connectivity index (χ0) is 14.0. The minimum absolute atomic E-state index is 0.242. The zero-order valence-electron chi connectivity index (χ0n) is 11.9. The molecule has 1 fully saturated rings. The van der Waals surface area contributed by atoms with Crippen molar-refractivity contribution in [2.75, 3.05) is 18.4 Å². The summed E-state index contributed by atoms with van der Waals surface area (Å²) in [5, 5.41) is 3.38. The Morgan fingerprint density at radius 2 is 2.16 bits per heavy atom. The number of nitrogens with one attached hydrogen (secondary N) is 1. The fourth-order valence-electron chi connectivity index (χ4n) is 1.88. The Balaban J connectivity index is 1.81. The largest absolute Gasteiger partial charge is 0.444 e. The predicted molar refractivity (Wildman–Crippen MR) is 74.2 cm³/mol. The Morgan fingerprint density at radius 3 is 2.74 bits per heavy atom. The van der Waals surface area contributed by atoms with Crippen molar-refractivity contribution in [3.63, 3.8) is 0 Å². The second-order valence-corrected chi connectivity index (χ2v) is 5.92. The normalized spacial score (nSPS) is 15.9. The van der Waals surface area contributed by atoms with Gasteiger partial charge in [-0.1, -0.05) is 0 Å². The number of carbonyl (C=O) groups is 1. The lowest BCUT2D eigenvalue weighted by Gasteiger charge is -2.40. The van der Waals surface area contributed by atoms with Crippen LogP contribution in [0.25, 0.3) is 0 Å². The molecule has 0 radical (unpaired) electrons. The third kappa shape index (κ3) is 3.59. The molecule has 5 heteroatoms. The van der Waals surface area contributed by atoms with Gasteiger partial charge in [0, 0.05) is 19.3 Å². The van der Waals surface area contributed by atoms with Crippen molar-refractivity contribution >= 4 is 11.8 Å². The molecule has 1 saturated heterocycles. The topological polar surface area (TPSA) is 54.5 Å². The number of hydrogen-bond acceptors (Lipinski definition) is 4. The van der Waals surface area contributed by atoms with Crippen LogP contribution in [0.1, 0.15) is 26.3 Å². The fraction of sp³-hybridized carbons (Fsp3) is 0.571. The molecule has 104 valence electrons. The molecular weight excluding hydrogens is 242 g/mol. The minimum atomic E-state index is -0.435. The van der Waals surface area contributed by atoms with Gasteiger partial charge < -0.3 is 15.0 Å². The van der Waals surface area contributed by atoms with E-state index < -0.39 is 5.60 Å². The Kier molecular flexibility index (Phi) is 3.64. The second-order valence-electron chi connectivity index (χ2n) is 5.92. The van der Waals surface area contributed by atoms with E-state index in [1.54, 1.807) is 11.1 Å². The lowest BCUT2D eigenvalue weighted by atomic mass is 10.1. The van der Waals surface area contributed by atoms with Gasteiger partial charge in [0.15, 0.2) is 0 Å². The number of hydrogen-bond donors (Lipinski definition) is 1. The van der Waals surface area contributed by atoms with E-state index in [1.165, 1.54) is 0 Å². The minimum Gasteiger partial charge on any atom is -0.444 e. The number of aromatic nitrogens is 1. The summed E-state index contributed by atoms with van der Waals surface area (Å²) in [6, 6.07) is 2.24.